The number of piperazine rings is 1. The van der Waals surface area contributed by atoms with Gasteiger partial charge in [-0.25, -0.2) is 22.0 Å². The Kier molecular flexibility index (Phi) is 7.87. The fraction of sp³-hybridized carbons (Fsp3) is 0.333. The molecule has 4 rings (SSSR count). The number of aromatic nitrogens is 2. The Morgan fingerprint density at radius 1 is 0.886 bits per heavy atom. The van der Waals surface area contributed by atoms with Crippen LogP contribution in [0.25, 0.3) is 22.5 Å². The van der Waals surface area contributed by atoms with Gasteiger partial charge in [0.1, 0.15) is 5.82 Å². The number of benzene rings is 2. The van der Waals surface area contributed by atoms with E-state index in [9.17, 15) is 8.42 Å². The van der Waals surface area contributed by atoms with Crippen molar-refractivity contribution in [2.24, 2.45) is 0 Å². The molecule has 11 heteroatoms. The third kappa shape index (κ3) is 6.25. The molecule has 2 aromatic carbocycles. The summed E-state index contributed by atoms with van der Waals surface area (Å²) >= 11 is 7.86. The Morgan fingerprint density at radius 2 is 1.46 bits per heavy atom. The highest BCUT2D eigenvalue weighted by Gasteiger charge is 2.22. The van der Waals surface area contributed by atoms with Crippen LogP contribution in [0.4, 0.5) is 11.5 Å². The van der Waals surface area contributed by atoms with Crippen molar-refractivity contribution in [3.05, 3.63) is 59.8 Å². The van der Waals surface area contributed by atoms with E-state index in [4.69, 9.17) is 21.6 Å². The maximum atomic E-state index is 11.9. The lowest BCUT2D eigenvalue weighted by molar-refractivity contribution is 0.414. The van der Waals surface area contributed by atoms with E-state index in [1.165, 1.54) is 17.6 Å². The summed E-state index contributed by atoms with van der Waals surface area (Å²) in [6, 6.07) is 14.9. The highest BCUT2D eigenvalue weighted by molar-refractivity contribution is 7.94. The Bertz CT molecular complexity index is 1260. The Morgan fingerprint density at radius 3 is 2.03 bits per heavy atom. The van der Waals surface area contributed by atoms with Crippen LogP contribution in [-0.2, 0) is 10.0 Å². The molecule has 0 N–H and O–H groups in total. The van der Waals surface area contributed by atoms with E-state index in [0.717, 1.165) is 54.5 Å². The maximum Gasteiger partial charge on any atom is 0.231 e. The lowest BCUT2D eigenvalue weighted by Crippen LogP contribution is -2.44. The molecule has 0 unspecified atom stereocenters. The van der Waals surface area contributed by atoms with Gasteiger partial charge < -0.3 is 4.90 Å². The summed E-state index contributed by atoms with van der Waals surface area (Å²) in [6.07, 6.45) is 3.00. The first-order chi connectivity index (χ1) is 16.6. The normalized spacial score (nSPS) is 15.0. The Labute approximate surface area is 216 Å². The van der Waals surface area contributed by atoms with Gasteiger partial charge in [-0.15, -0.1) is 0 Å². The van der Waals surface area contributed by atoms with Crippen LogP contribution in [0.1, 0.15) is 0 Å². The van der Waals surface area contributed by atoms with Crippen molar-refractivity contribution in [1.82, 2.24) is 18.6 Å². The summed E-state index contributed by atoms with van der Waals surface area (Å²) < 4.78 is 29.5. The van der Waals surface area contributed by atoms with E-state index in [1.54, 1.807) is 24.3 Å². The number of sulfonamides is 1. The molecular weight excluding hydrogens is 504 g/mol. The average Bonchev–Trinajstić information content (AvgIpc) is 2.83. The molecule has 0 radical (unpaired) electrons. The smallest absolute Gasteiger partial charge is 0.231 e. The van der Waals surface area contributed by atoms with Crippen LogP contribution in [0.3, 0.4) is 0 Å². The molecule has 1 aliphatic heterocycles. The van der Waals surface area contributed by atoms with Gasteiger partial charge in [-0.2, -0.15) is 0 Å². The van der Waals surface area contributed by atoms with Crippen LogP contribution in [0, 0.1) is 0 Å². The quantitative estimate of drug-likeness (QED) is 0.421. The first-order valence-electron chi connectivity index (χ1n) is 11.1. The molecule has 35 heavy (non-hydrogen) atoms. The van der Waals surface area contributed by atoms with Gasteiger partial charge in [0.25, 0.3) is 0 Å². The first-order valence-corrected chi connectivity index (χ1v) is 14.1. The molecule has 0 spiro atoms. The van der Waals surface area contributed by atoms with Gasteiger partial charge in [-0.05, 0) is 38.4 Å². The van der Waals surface area contributed by atoms with E-state index in [1.807, 2.05) is 56.7 Å². The molecule has 0 amide bonds. The van der Waals surface area contributed by atoms with Crippen molar-refractivity contribution in [3.63, 3.8) is 0 Å². The van der Waals surface area contributed by atoms with Crippen molar-refractivity contribution in [2.75, 3.05) is 62.8 Å². The number of halogens is 1. The van der Waals surface area contributed by atoms with Gasteiger partial charge >= 0.3 is 0 Å². The third-order valence-corrected chi connectivity index (χ3v) is 8.10. The highest BCUT2D eigenvalue weighted by atomic mass is 35.5. The molecule has 8 nitrogen and oxygen atoms in total. The molecule has 0 aliphatic carbocycles. The number of hydrogen-bond acceptors (Lipinski definition) is 8. The van der Waals surface area contributed by atoms with Crippen molar-refractivity contribution in [2.45, 2.75) is 0 Å². The van der Waals surface area contributed by atoms with Gasteiger partial charge in [0.15, 0.2) is 0 Å². The second-order valence-electron chi connectivity index (χ2n) is 8.52. The molecule has 186 valence electrons. The molecule has 1 saturated heterocycles. The number of anilines is 2. The van der Waals surface area contributed by atoms with Crippen LogP contribution in [0.15, 0.2) is 54.7 Å². The standard InChI is InChI=1S/C24H29ClN6O2S2/c1-28(2)34-31-15-13-30(14-16-31)22-17-26-23(24(27-22)19-5-9-20(25)10-6-19)18-7-11-21(12-8-18)29(3)35(4,32)33/h5-12,17H,13-16H2,1-4H3. The van der Waals surface area contributed by atoms with Crippen molar-refractivity contribution in [1.29, 1.82) is 0 Å². The molecule has 1 aliphatic rings. The summed E-state index contributed by atoms with van der Waals surface area (Å²) in [6.45, 7) is 3.58. The largest absolute Gasteiger partial charge is 0.353 e. The molecule has 2 heterocycles. The molecule has 3 aromatic rings. The summed E-state index contributed by atoms with van der Waals surface area (Å²) in [7, 11) is 2.29. The van der Waals surface area contributed by atoms with Gasteiger partial charge in [0.05, 0.1) is 29.5 Å². The predicted octanol–water partition coefficient (Wildman–Crippen LogP) is 4.11. The van der Waals surface area contributed by atoms with Crippen LogP contribution in [0.2, 0.25) is 5.02 Å². The number of rotatable bonds is 7. The molecule has 0 saturated carbocycles. The molecule has 0 atom stereocenters. The van der Waals surface area contributed by atoms with E-state index in [-0.39, 0.29) is 0 Å². The summed E-state index contributed by atoms with van der Waals surface area (Å²) in [5, 5.41) is 0.655. The lowest BCUT2D eigenvalue weighted by Gasteiger charge is -2.35. The highest BCUT2D eigenvalue weighted by Crippen LogP contribution is 2.33. The predicted molar refractivity (Wildman–Crippen MR) is 146 cm³/mol. The average molecular weight is 533 g/mol. The molecule has 1 fully saturated rings. The summed E-state index contributed by atoms with van der Waals surface area (Å²) in [5.74, 6) is 0.835. The fourth-order valence-electron chi connectivity index (χ4n) is 3.80. The van der Waals surface area contributed by atoms with Crippen LogP contribution in [-0.4, -0.2) is 80.6 Å². The van der Waals surface area contributed by atoms with E-state index >= 15 is 0 Å². The second kappa shape index (κ2) is 10.7. The zero-order valence-electron chi connectivity index (χ0n) is 20.2. The minimum absolute atomic E-state index is 0.585. The third-order valence-electron chi connectivity index (χ3n) is 5.72. The van der Waals surface area contributed by atoms with E-state index in [2.05, 4.69) is 13.5 Å². The Balaban J connectivity index is 1.67. The van der Waals surface area contributed by atoms with Crippen molar-refractivity contribution >= 4 is 45.3 Å². The Hall–Kier alpha value is -2.37. The fourth-order valence-corrected chi connectivity index (χ4v) is 5.22. The minimum Gasteiger partial charge on any atom is -0.353 e. The first kappa shape index (κ1) is 25.7. The number of nitrogens with zero attached hydrogens (tertiary/aromatic N) is 6. The molecular formula is C24H29ClN6O2S2. The monoisotopic (exact) mass is 532 g/mol. The zero-order valence-corrected chi connectivity index (χ0v) is 22.6. The van der Waals surface area contributed by atoms with Gasteiger partial charge in [0.2, 0.25) is 10.0 Å². The van der Waals surface area contributed by atoms with Crippen LogP contribution in [0.5, 0.6) is 0 Å². The zero-order chi connectivity index (χ0) is 25.2. The molecule has 0 bridgehead atoms. The van der Waals surface area contributed by atoms with Gasteiger partial charge in [-0.3, -0.25) is 9.29 Å². The van der Waals surface area contributed by atoms with Crippen molar-refractivity contribution in [3.8, 4) is 22.5 Å². The van der Waals surface area contributed by atoms with Gasteiger partial charge in [-0.1, -0.05) is 35.9 Å². The number of hydrogen-bond donors (Lipinski definition) is 0. The molecule has 1 aromatic heterocycles. The van der Waals surface area contributed by atoms with E-state index in [0.29, 0.717) is 10.7 Å². The summed E-state index contributed by atoms with van der Waals surface area (Å²) in [4.78, 5) is 12.1. The van der Waals surface area contributed by atoms with Crippen LogP contribution < -0.4 is 9.21 Å². The minimum atomic E-state index is -3.34. The SMILES string of the molecule is CN(C)SN1CCN(c2cnc(-c3ccc(N(C)S(C)(=O)=O)cc3)c(-c3ccc(Cl)cc3)n2)CC1. The second-order valence-corrected chi connectivity index (χ2v) is 12.4. The maximum absolute atomic E-state index is 11.9. The lowest BCUT2D eigenvalue weighted by atomic mass is 10.0. The van der Waals surface area contributed by atoms with Crippen molar-refractivity contribution < 1.29 is 8.42 Å². The topological polar surface area (TPSA) is 72.9 Å². The van der Waals surface area contributed by atoms with Crippen LogP contribution >= 0.6 is 23.7 Å². The van der Waals surface area contributed by atoms with Gasteiger partial charge in [0, 0.05) is 61.5 Å². The summed E-state index contributed by atoms with van der Waals surface area (Å²) in [5.41, 5.74) is 3.84. The van der Waals surface area contributed by atoms with E-state index < -0.39 is 10.0 Å².